The van der Waals surface area contributed by atoms with E-state index >= 15 is 0 Å². The summed E-state index contributed by atoms with van der Waals surface area (Å²) in [7, 11) is 1.77. The first-order valence-corrected chi connectivity index (χ1v) is 7.00. The minimum atomic E-state index is -1.15. The average Bonchev–Trinajstić information content (AvgIpc) is 3.12. The van der Waals surface area contributed by atoms with E-state index in [1.807, 2.05) is 12.1 Å². The number of hydrogen-bond donors (Lipinski definition) is 1. The molecule has 0 saturated heterocycles. The van der Waals surface area contributed by atoms with Gasteiger partial charge in [-0.1, -0.05) is 29.5 Å². The number of carbonyl (C=O) groups excluding carboxylic acids is 1. The minimum Gasteiger partial charge on any atom is -0.476 e. The van der Waals surface area contributed by atoms with Gasteiger partial charge in [-0.3, -0.25) is 4.79 Å². The summed E-state index contributed by atoms with van der Waals surface area (Å²) in [6.07, 6.45) is 2.95. The number of likely N-dealkylation sites (N-methyl/N-ethyl adjacent to an activating group) is 1. The van der Waals surface area contributed by atoms with Gasteiger partial charge in [-0.15, -0.1) is 5.10 Å². The summed E-state index contributed by atoms with van der Waals surface area (Å²) in [5, 5.41) is 16.0. The van der Waals surface area contributed by atoms with E-state index in [0.717, 1.165) is 12.8 Å². The molecule has 1 amide bonds. The smallest absolute Gasteiger partial charge is 0.358 e. The molecule has 0 spiro atoms. The van der Waals surface area contributed by atoms with Crippen LogP contribution in [-0.4, -0.2) is 50.0 Å². The summed E-state index contributed by atoms with van der Waals surface area (Å²) in [6.45, 7) is -0.0103. The third-order valence-electron chi connectivity index (χ3n) is 4.03. The highest BCUT2D eigenvalue weighted by Crippen LogP contribution is 2.24. The van der Waals surface area contributed by atoms with Crippen LogP contribution in [0.15, 0.2) is 30.5 Å². The van der Waals surface area contributed by atoms with E-state index in [1.54, 1.807) is 11.9 Å². The fourth-order valence-corrected chi connectivity index (χ4v) is 2.74. The van der Waals surface area contributed by atoms with Crippen molar-refractivity contribution in [1.29, 1.82) is 0 Å². The van der Waals surface area contributed by atoms with Gasteiger partial charge in [0, 0.05) is 13.1 Å². The van der Waals surface area contributed by atoms with Crippen LogP contribution < -0.4 is 0 Å². The van der Waals surface area contributed by atoms with Crippen LogP contribution in [0.25, 0.3) is 0 Å². The van der Waals surface area contributed by atoms with Gasteiger partial charge in [-0.25, -0.2) is 9.48 Å². The molecule has 0 fully saturated rings. The molecule has 2 aromatic rings. The molecule has 1 aromatic carbocycles. The number of carboxylic acid groups (broad SMARTS) is 1. The van der Waals surface area contributed by atoms with E-state index in [0.29, 0.717) is 0 Å². The Morgan fingerprint density at radius 3 is 2.50 bits per heavy atom. The standard InChI is InChI=1S/C15H16N4O3/c1-18(12-6-10-4-2-3-5-11(10)7-12)14(20)9-19-8-13(15(21)22)16-17-19/h2-5,8,12H,6-7,9H2,1H3,(H,21,22). The lowest BCUT2D eigenvalue weighted by atomic mass is 10.1. The Labute approximate surface area is 127 Å². The van der Waals surface area contributed by atoms with Crippen LogP contribution >= 0.6 is 0 Å². The zero-order chi connectivity index (χ0) is 15.7. The molecule has 7 heteroatoms. The largest absolute Gasteiger partial charge is 0.476 e. The van der Waals surface area contributed by atoms with Crippen molar-refractivity contribution >= 4 is 11.9 Å². The molecular weight excluding hydrogens is 284 g/mol. The molecule has 0 atom stereocenters. The topological polar surface area (TPSA) is 88.3 Å². The molecule has 0 bridgehead atoms. The van der Waals surface area contributed by atoms with Gasteiger partial charge in [0.15, 0.2) is 5.69 Å². The Kier molecular flexibility index (Phi) is 3.62. The molecule has 1 heterocycles. The molecule has 1 aliphatic carbocycles. The van der Waals surface area contributed by atoms with Gasteiger partial charge in [0.25, 0.3) is 0 Å². The Morgan fingerprint density at radius 1 is 1.32 bits per heavy atom. The molecule has 22 heavy (non-hydrogen) atoms. The third-order valence-corrected chi connectivity index (χ3v) is 4.03. The number of carboxylic acids is 1. The number of carbonyl (C=O) groups is 2. The lowest BCUT2D eigenvalue weighted by molar-refractivity contribution is -0.132. The molecule has 0 unspecified atom stereocenters. The first kappa shape index (κ1) is 14.2. The van der Waals surface area contributed by atoms with Gasteiger partial charge >= 0.3 is 5.97 Å². The highest BCUT2D eigenvalue weighted by atomic mass is 16.4. The first-order chi connectivity index (χ1) is 10.5. The SMILES string of the molecule is CN(C(=O)Cn1cc(C(=O)O)nn1)C1Cc2ccccc2C1. The van der Waals surface area contributed by atoms with E-state index in [1.165, 1.54) is 22.0 Å². The second-order valence-corrected chi connectivity index (χ2v) is 5.44. The lowest BCUT2D eigenvalue weighted by Gasteiger charge is -2.24. The van der Waals surface area contributed by atoms with Gasteiger partial charge in [0.2, 0.25) is 5.91 Å². The molecule has 0 radical (unpaired) electrons. The predicted molar refractivity (Wildman–Crippen MR) is 77.4 cm³/mol. The average molecular weight is 300 g/mol. The van der Waals surface area contributed by atoms with E-state index in [9.17, 15) is 9.59 Å². The summed E-state index contributed by atoms with van der Waals surface area (Å²) < 4.78 is 1.25. The number of rotatable bonds is 4. The molecular formula is C15H16N4O3. The Morgan fingerprint density at radius 2 is 1.95 bits per heavy atom. The number of benzene rings is 1. The van der Waals surface area contributed by atoms with Crippen molar-refractivity contribution in [2.24, 2.45) is 0 Å². The van der Waals surface area contributed by atoms with Crippen LogP contribution in [0.4, 0.5) is 0 Å². The fourth-order valence-electron chi connectivity index (χ4n) is 2.74. The number of hydrogen-bond acceptors (Lipinski definition) is 4. The lowest BCUT2D eigenvalue weighted by Crippen LogP contribution is -2.39. The molecule has 7 nitrogen and oxygen atoms in total. The summed E-state index contributed by atoms with van der Waals surface area (Å²) in [5.74, 6) is -1.27. The Bertz CT molecular complexity index is 700. The zero-order valence-corrected chi connectivity index (χ0v) is 12.1. The summed E-state index contributed by atoms with van der Waals surface area (Å²) in [5.41, 5.74) is 2.39. The Balaban J connectivity index is 1.64. The maximum atomic E-state index is 12.3. The monoisotopic (exact) mass is 300 g/mol. The second kappa shape index (κ2) is 5.59. The van der Waals surface area contributed by atoms with Crippen molar-refractivity contribution in [2.45, 2.75) is 25.4 Å². The van der Waals surface area contributed by atoms with Crippen molar-refractivity contribution < 1.29 is 14.7 Å². The van der Waals surface area contributed by atoms with Crippen LogP contribution in [0.5, 0.6) is 0 Å². The molecule has 0 aliphatic heterocycles. The summed E-state index contributed by atoms with van der Waals surface area (Å²) >= 11 is 0. The molecule has 1 aliphatic rings. The number of aromatic nitrogens is 3. The van der Waals surface area contributed by atoms with Crippen molar-refractivity contribution in [3.8, 4) is 0 Å². The fraction of sp³-hybridized carbons (Fsp3) is 0.333. The molecule has 1 N–H and O–H groups in total. The van der Waals surface area contributed by atoms with Crippen molar-refractivity contribution in [3.05, 3.63) is 47.3 Å². The van der Waals surface area contributed by atoms with Gasteiger partial charge in [0.05, 0.1) is 6.20 Å². The van der Waals surface area contributed by atoms with Gasteiger partial charge in [0.1, 0.15) is 6.54 Å². The third kappa shape index (κ3) is 2.69. The Hall–Kier alpha value is -2.70. The quantitative estimate of drug-likeness (QED) is 0.893. The molecule has 3 rings (SSSR count). The van der Waals surface area contributed by atoms with E-state index in [4.69, 9.17) is 5.11 Å². The normalized spacial score (nSPS) is 13.9. The van der Waals surface area contributed by atoms with Crippen LogP contribution in [0, 0.1) is 0 Å². The van der Waals surface area contributed by atoms with Crippen LogP contribution in [-0.2, 0) is 24.2 Å². The van der Waals surface area contributed by atoms with Crippen molar-refractivity contribution in [2.75, 3.05) is 7.05 Å². The van der Waals surface area contributed by atoms with Crippen molar-refractivity contribution in [3.63, 3.8) is 0 Å². The highest BCUT2D eigenvalue weighted by Gasteiger charge is 2.27. The highest BCUT2D eigenvalue weighted by molar-refractivity contribution is 5.84. The van der Waals surface area contributed by atoms with Gasteiger partial charge < -0.3 is 10.0 Å². The van der Waals surface area contributed by atoms with Crippen molar-refractivity contribution in [1.82, 2.24) is 19.9 Å². The summed E-state index contributed by atoms with van der Waals surface area (Å²) in [4.78, 5) is 24.8. The molecule has 0 saturated carbocycles. The molecule has 1 aromatic heterocycles. The number of aromatic carboxylic acids is 1. The van der Waals surface area contributed by atoms with E-state index < -0.39 is 5.97 Å². The number of amides is 1. The molecule has 114 valence electrons. The number of fused-ring (bicyclic) bond motifs is 1. The van der Waals surface area contributed by atoms with E-state index in [2.05, 4.69) is 22.4 Å². The van der Waals surface area contributed by atoms with Gasteiger partial charge in [-0.2, -0.15) is 0 Å². The van der Waals surface area contributed by atoms with E-state index in [-0.39, 0.29) is 24.2 Å². The maximum Gasteiger partial charge on any atom is 0.358 e. The zero-order valence-electron chi connectivity index (χ0n) is 12.1. The van der Waals surface area contributed by atoms with Crippen LogP contribution in [0.3, 0.4) is 0 Å². The predicted octanol–water partition coefficient (Wildman–Crippen LogP) is 0.602. The van der Waals surface area contributed by atoms with Gasteiger partial charge in [-0.05, 0) is 24.0 Å². The summed E-state index contributed by atoms with van der Waals surface area (Å²) in [6, 6.07) is 8.32. The second-order valence-electron chi connectivity index (χ2n) is 5.44. The minimum absolute atomic E-state index is 0.0103. The number of nitrogens with zero attached hydrogens (tertiary/aromatic N) is 4. The first-order valence-electron chi connectivity index (χ1n) is 7.00. The van der Waals surface area contributed by atoms with Crippen LogP contribution in [0.1, 0.15) is 21.6 Å². The van der Waals surface area contributed by atoms with Crippen LogP contribution in [0.2, 0.25) is 0 Å². The maximum absolute atomic E-state index is 12.3.